The number of esters is 1. The van der Waals surface area contributed by atoms with Crippen LogP contribution in [0.2, 0.25) is 0 Å². The summed E-state index contributed by atoms with van der Waals surface area (Å²) in [6, 6.07) is 0. The highest BCUT2D eigenvalue weighted by Crippen LogP contribution is 2.22. The van der Waals surface area contributed by atoms with Gasteiger partial charge in [0.15, 0.2) is 5.78 Å². The first-order chi connectivity index (χ1) is 14.7. The molecule has 2 atom stereocenters. The molecular weight excluding hydrogens is 392 g/mol. The van der Waals surface area contributed by atoms with Crippen LogP contribution >= 0.6 is 0 Å². The highest BCUT2D eigenvalue weighted by molar-refractivity contribution is 5.81. The number of methoxy groups -OCH3 is 1. The van der Waals surface area contributed by atoms with Gasteiger partial charge in [0, 0.05) is 18.9 Å². The molecule has 1 N–H and O–H groups in total. The van der Waals surface area contributed by atoms with E-state index < -0.39 is 11.5 Å². The Morgan fingerprint density at radius 3 is 2.26 bits per heavy atom. The molecule has 0 aromatic rings. The van der Waals surface area contributed by atoms with Crippen molar-refractivity contribution in [3.8, 4) is 0 Å². The maximum absolute atomic E-state index is 11.9. The van der Waals surface area contributed by atoms with Crippen molar-refractivity contribution < 1.29 is 24.2 Å². The lowest BCUT2D eigenvalue weighted by molar-refractivity contribution is -0.152. The van der Waals surface area contributed by atoms with E-state index in [1.54, 1.807) is 13.8 Å². The molecule has 31 heavy (non-hydrogen) atoms. The first-order valence-corrected chi connectivity index (χ1v) is 12.3. The first-order valence-electron chi connectivity index (χ1n) is 12.3. The van der Waals surface area contributed by atoms with Crippen LogP contribution in [-0.2, 0) is 19.1 Å². The lowest BCUT2D eigenvalue weighted by Gasteiger charge is -2.28. The molecule has 0 spiro atoms. The van der Waals surface area contributed by atoms with E-state index in [0.717, 1.165) is 38.5 Å². The van der Waals surface area contributed by atoms with Crippen LogP contribution in [0, 0.1) is 5.41 Å². The van der Waals surface area contributed by atoms with Gasteiger partial charge in [-0.15, -0.1) is 0 Å². The number of allylic oxidation sites excluding steroid dienone is 1. The van der Waals surface area contributed by atoms with Crippen molar-refractivity contribution in [3.63, 3.8) is 0 Å². The summed E-state index contributed by atoms with van der Waals surface area (Å²) >= 11 is 0. The summed E-state index contributed by atoms with van der Waals surface area (Å²) in [5.41, 5.74) is -0.757. The monoisotopic (exact) mass is 440 g/mol. The first kappa shape index (κ1) is 29.8. The van der Waals surface area contributed by atoms with Gasteiger partial charge in [-0.1, -0.05) is 77.9 Å². The summed E-state index contributed by atoms with van der Waals surface area (Å²) in [4.78, 5) is 23.2. The number of carbonyl (C=O) groups is 2. The minimum atomic E-state index is -1.11. The second kappa shape index (κ2) is 18.4. The summed E-state index contributed by atoms with van der Waals surface area (Å²) in [6.45, 7) is 7.09. The van der Waals surface area contributed by atoms with Crippen LogP contribution in [0.4, 0.5) is 0 Å². The van der Waals surface area contributed by atoms with Gasteiger partial charge < -0.3 is 14.6 Å². The third-order valence-electron chi connectivity index (χ3n) is 5.76. The zero-order valence-electron chi connectivity index (χ0n) is 20.8. The topological polar surface area (TPSA) is 72.8 Å². The number of Topliss-reactive ketones (excluding diaryl/α,β-unsaturated/α-hetero) is 1. The highest BCUT2D eigenvalue weighted by Gasteiger charge is 2.32. The number of aliphatic hydroxyl groups excluding tert-OH is 1. The SMILES string of the molecule is CCCCCCC(C/C=C\CCCCCCCC(=O)OCC(C)(C)C(O)C(C)=O)OC. The van der Waals surface area contributed by atoms with Gasteiger partial charge in [0.25, 0.3) is 0 Å². The molecule has 0 aliphatic rings. The number of aliphatic hydroxyl groups is 1. The number of unbranched alkanes of at least 4 members (excludes halogenated alkanes) is 8. The lowest BCUT2D eigenvalue weighted by atomic mass is 9.85. The van der Waals surface area contributed by atoms with Crippen LogP contribution in [-0.4, -0.2) is 42.8 Å². The van der Waals surface area contributed by atoms with E-state index in [4.69, 9.17) is 9.47 Å². The zero-order valence-corrected chi connectivity index (χ0v) is 20.8. The number of ketones is 1. The molecule has 182 valence electrons. The fourth-order valence-electron chi connectivity index (χ4n) is 3.53. The van der Waals surface area contributed by atoms with Crippen molar-refractivity contribution in [2.24, 2.45) is 5.41 Å². The number of ether oxygens (including phenoxy) is 2. The zero-order chi connectivity index (χ0) is 23.5. The van der Waals surface area contributed by atoms with Crippen LogP contribution in [0.3, 0.4) is 0 Å². The maximum Gasteiger partial charge on any atom is 0.305 e. The van der Waals surface area contributed by atoms with Crippen molar-refractivity contribution in [3.05, 3.63) is 12.2 Å². The van der Waals surface area contributed by atoms with E-state index in [9.17, 15) is 14.7 Å². The lowest BCUT2D eigenvalue weighted by Crippen LogP contribution is -2.39. The van der Waals surface area contributed by atoms with Crippen molar-refractivity contribution in [2.75, 3.05) is 13.7 Å². The average Bonchev–Trinajstić information content (AvgIpc) is 2.74. The number of rotatable bonds is 20. The van der Waals surface area contributed by atoms with Crippen LogP contribution in [0.15, 0.2) is 12.2 Å². The Balaban J connectivity index is 3.69. The molecule has 5 nitrogen and oxygen atoms in total. The molecule has 0 rings (SSSR count). The molecule has 0 saturated carbocycles. The Hall–Kier alpha value is -1.20. The highest BCUT2D eigenvalue weighted by atomic mass is 16.5. The molecule has 0 aliphatic carbocycles. The Kier molecular flexibility index (Phi) is 17.7. The maximum atomic E-state index is 11.9. The molecule has 0 saturated heterocycles. The molecule has 0 amide bonds. The Morgan fingerprint density at radius 1 is 0.968 bits per heavy atom. The number of carbonyl (C=O) groups excluding carboxylic acids is 2. The summed E-state index contributed by atoms with van der Waals surface area (Å²) in [6.07, 6.45) is 17.9. The predicted octanol–water partition coefficient (Wildman–Crippen LogP) is 6.17. The second-order valence-corrected chi connectivity index (χ2v) is 9.38. The Morgan fingerprint density at radius 2 is 1.61 bits per heavy atom. The van der Waals surface area contributed by atoms with E-state index in [2.05, 4.69) is 19.1 Å². The van der Waals surface area contributed by atoms with Crippen LogP contribution in [0.25, 0.3) is 0 Å². The molecule has 0 aliphatic heterocycles. The van der Waals surface area contributed by atoms with Gasteiger partial charge in [0.05, 0.1) is 12.7 Å². The molecule has 0 fully saturated rings. The van der Waals surface area contributed by atoms with Gasteiger partial charge in [-0.3, -0.25) is 9.59 Å². The summed E-state index contributed by atoms with van der Waals surface area (Å²) in [5.74, 6) is -0.564. The minimum absolute atomic E-state index is 0.0571. The van der Waals surface area contributed by atoms with E-state index in [1.807, 2.05) is 7.11 Å². The third-order valence-corrected chi connectivity index (χ3v) is 5.76. The van der Waals surface area contributed by atoms with Gasteiger partial charge in [0.1, 0.15) is 6.10 Å². The van der Waals surface area contributed by atoms with Gasteiger partial charge in [-0.25, -0.2) is 0 Å². The number of hydrogen-bond acceptors (Lipinski definition) is 5. The summed E-state index contributed by atoms with van der Waals surface area (Å²) in [7, 11) is 1.81. The van der Waals surface area contributed by atoms with Crippen LogP contribution in [0.1, 0.15) is 111 Å². The molecule has 0 aromatic carbocycles. The fraction of sp³-hybridized carbons (Fsp3) is 0.846. The molecule has 0 heterocycles. The molecule has 0 aromatic heterocycles. The van der Waals surface area contributed by atoms with E-state index in [0.29, 0.717) is 12.5 Å². The summed E-state index contributed by atoms with van der Waals surface area (Å²) < 4.78 is 10.8. The minimum Gasteiger partial charge on any atom is -0.465 e. The third kappa shape index (κ3) is 16.1. The van der Waals surface area contributed by atoms with E-state index in [1.165, 1.54) is 45.4 Å². The molecule has 0 radical (unpaired) electrons. The van der Waals surface area contributed by atoms with Crippen LogP contribution < -0.4 is 0 Å². The number of hydrogen-bond donors (Lipinski definition) is 1. The van der Waals surface area contributed by atoms with Crippen molar-refractivity contribution in [1.82, 2.24) is 0 Å². The fourth-order valence-corrected chi connectivity index (χ4v) is 3.53. The molecule has 0 bridgehead atoms. The predicted molar refractivity (Wildman–Crippen MR) is 127 cm³/mol. The molecule has 2 unspecified atom stereocenters. The average molecular weight is 441 g/mol. The molecule has 5 heteroatoms. The Labute approximate surface area is 191 Å². The van der Waals surface area contributed by atoms with Crippen molar-refractivity contribution >= 4 is 11.8 Å². The van der Waals surface area contributed by atoms with Crippen molar-refractivity contribution in [2.45, 2.75) is 123 Å². The normalized spacial score (nSPS) is 14.0. The van der Waals surface area contributed by atoms with E-state index >= 15 is 0 Å². The second-order valence-electron chi connectivity index (χ2n) is 9.38. The van der Waals surface area contributed by atoms with Gasteiger partial charge in [-0.2, -0.15) is 0 Å². The van der Waals surface area contributed by atoms with E-state index in [-0.39, 0.29) is 18.4 Å². The largest absolute Gasteiger partial charge is 0.465 e. The smallest absolute Gasteiger partial charge is 0.305 e. The van der Waals surface area contributed by atoms with Gasteiger partial charge in [-0.05, 0) is 39.0 Å². The summed E-state index contributed by atoms with van der Waals surface area (Å²) in [5, 5.41) is 9.86. The van der Waals surface area contributed by atoms with Crippen molar-refractivity contribution in [1.29, 1.82) is 0 Å². The van der Waals surface area contributed by atoms with Gasteiger partial charge in [0.2, 0.25) is 0 Å². The van der Waals surface area contributed by atoms with Crippen LogP contribution in [0.5, 0.6) is 0 Å². The standard InChI is InChI=1S/C26H48O5/c1-6-7-8-15-18-23(30-5)19-16-13-11-9-10-12-14-17-20-24(28)31-21-26(3,4)25(29)22(2)27/h13,16,23,25,29H,6-12,14-15,17-21H2,1-5H3/b16-13-. The Bertz CT molecular complexity index is 498. The molecular formula is C26H48O5. The van der Waals surface area contributed by atoms with Gasteiger partial charge >= 0.3 is 5.97 Å². The quantitative estimate of drug-likeness (QED) is 0.139.